The Bertz CT molecular complexity index is 1070. The van der Waals surface area contributed by atoms with Crippen molar-refractivity contribution in [2.24, 2.45) is 5.10 Å². The number of ether oxygens (including phenoxy) is 2. The number of nitrogens with one attached hydrogen (secondary N) is 1. The van der Waals surface area contributed by atoms with Crippen LogP contribution in [0.15, 0.2) is 46.4 Å². The summed E-state index contributed by atoms with van der Waals surface area (Å²) in [5.74, 6) is 0.0124. The van der Waals surface area contributed by atoms with Gasteiger partial charge in [0.05, 0.1) is 34.7 Å². The molecule has 0 heterocycles. The van der Waals surface area contributed by atoms with E-state index in [9.17, 15) is 28.6 Å². The van der Waals surface area contributed by atoms with E-state index in [1.165, 1.54) is 19.2 Å². The number of nitrogens with zero attached hydrogens (tertiary/aromatic N) is 3. The number of benzene rings is 2. The smallest absolute Gasteiger partial charge is 0.315 e. The minimum Gasteiger partial charge on any atom is -0.493 e. The molecule has 0 saturated heterocycles. The van der Waals surface area contributed by atoms with Crippen molar-refractivity contribution in [1.29, 1.82) is 0 Å². The Morgan fingerprint density at radius 3 is 2.48 bits per heavy atom. The van der Waals surface area contributed by atoms with Crippen molar-refractivity contribution in [1.82, 2.24) is 4.83 Å². The highest BCUT2D eigenvalue weighted by Crippen LogP contribution is 2.37. The van der Waals surface area contributed by atoms with Crippen molar-refractivity contribution < 1.29 is 27.7 Å². The van der Waals surface area contributed by atoms with Gasteiger partial charge in [0.25, 0.3) is 15.7 Å². The van der Waals surface area contributed by atoms with E-state index in [2.05, 4.69) is 5.10 Å². The minimum atomic E-state index is -4.19. The molecule has 0 bridgehead atoms. The molecule has 2 aromatic rings. The van der Waals surface area contributed by atoms with E-state index in [1.54, 1.807) is 6.92 Å². The van der Waals surface area contributed by atoms with Crippen molar-refractivity contribution in [3.8, 4) is 11.5 Å². The van der Waals surface area contributed by atoms with Crippen molar-refractivity contribution >= 4 is 27.6 Å². The zero-order valence-electron chi connectivity index (χ0n) is 15.3. The molecule has 1 N–H and O–H groups in total. The van der Waals surface area contributed by atoms with Crippen LogP contribution in [0.1, 0.15) is 12.5 Å². The van der Waals surface area contributed by atoms with Crippen molar-refractivity contribution in [2.75, 3.05) is 13.7 Å². The standard InChI is InChI=1S/C16H16N4O8S/c1-3-28-16-14(20(23)24)7-11(8-15(16)27-2)10-17-18-29(25,26)13-6-4-5-12(9-13)19(21)22/h4-10,18H,3H2,1-2H3/b17-10+. The molecule has 0 unspecified atom stereocenters. The highest BCUT2D eigenvalue weighted by molar-refractivity contribution is 7.89. The van der Waals surface area contributed by atoms with Gasteiger partial charge in [-0.25, -0.2) is 4.83 Å². The summed E-state index contributed by atoms with van der Waals surface area (Å²) in [5, 5.41) is 25.6. The minimum absolute atomic E-state index is 0.0608. The number of hydrazone groups is 1. The molecule has 154 valence electrons. The Kier molecular flexibility index (Phi) is 6.67. The summed E-state index contributed by atoms with van der Waals surface area (Å²) in [4.78, 5) is 22.2. The van der Waals surface area contributed by atoms with Crippen LogP contribution in [0.25, 0.3) is 0 Å². The van der Waals surface area contributed by atoms with Crippen LogP contribution < -0.4 is 14.3 Å². The predicted molar refractivity (Wildman–Crippen MR) is 102 cm³/mol. The van der Waals surface area contributed by atoms with Crippen LogP contribution >= 0.6 is 0 Å². The fourth-order valence-electron chi connectivity index (χ4n) is 2.25. The van der Waals surface area contributed by atoms with Gasteiger partial charge in [-0.2, -0.15) is 13.5 Å². The van der Waals surface area contributed by atoms with Gasteiger partial charge < -0.3 is 9.47 Å². The van der Waals surface area contributed by atoms with Crippen LogP contribution in [0.3, 0.4) is 0 Å². The second-order valence-corrected chi connectivity index (χ2v) is 7.03. The first-order valence-electron chi connectivity index (χ1n) is 7.98. The molecule has 0 amide bonds. The zero-order chi connectivity index (χ0) is 21.6. The summed E-state index contributed by atoms with van der Waals surface area (Å²) in [6, 6.07) is 6.92. The second-order valence-electron chi connectivity index (χ2n) is 5.37. The maximum absolute atomic E-state index is 12.2. The van der Waals surface area contributed by atoms with Gasteiger partial charge >= 0.3 is 5.69 Å². The molecule has 13 heteroatoms. The van der Waals surface area contributed by atoms with Crippen LogP contribution in [0, 0.1) is 20.2 Å². The largest absolute Gasteiger partial charge is 0.493 e. The summed E-state index contributed by atoms with van der Waals surface area (Å²) in [6.45, 7) is 1.83. The number of sulfonamides is 1. The quantitative estimate of drug-likeness (QED) is 0.364. The third-order valence-corrected chi connectivity index (χ3v) is 4.71. The normalized spacial score (nSPS) is 11.2. The van der Waals surface area contributed by atoms with E-state index in [0.717, 1.165) is 30.5 Å². The molecule has 0 aliphatic heterocycles. The molecular formula is C16H16N4O8S. The monoisotopic (exact) mass is 424 g/mol. The second kappa shape index (κ2) is 8.97. The van der Waals surface area contributed by atoms with E-state index < -0.39 is 25.6 Å². The lowest BCUT2D eigenvalue weighted by Gasteiger charge is -2.10. The third-order valence-electron chi connectivity index (χ3n) is 3.49. The van der Waals surface area contributed by atoms with Gasteiger partial charge in [0, 0.05) is 23.8 Å². The molecular weight excluding hydrogens is 408 g/mol. The molecule has 29 heavy (non-hydrogen) atoms. The van der Waals surface area contributed by atoms with E-state index in [4.69, 9.17) is 9.47 Å². The first-order chi connectivity index (χ1) is 13.7. The Labute approximate surface area is 165 Å². The van der Waals surface area contributed by atoms with E-state index in [0.29, 0.717) is 0 Å². The maximum Gasteiger partial charge on any atom is 0.315 e. The molecule has 0 spiro atoms. The first-order valence-corrected chi connectivity index (χ1v) is 9.46. The number of non-ortho nitro benzene ring substituents is 1. The van der Waals surface area contributed by atoms with Crippen molar-refractivity contribution in [3.05, 3.63) is 62.2 Å². The van der Waals surface area contributed by atoms with Gasteiger partial charge in [-0.1, -0.05) is 6.07 Å². The Hall–Kier alpha value is -3.74. The molecule has 12 nitrogen and oxygen atoms in total. The van der Waals surface area contributed by atoms with Crippen molar-refractivity contribution in [3.63, 3.8) is 0 Å². The van der Waals surface area contributed by atoms with Gasteiger partial charge in [-0.3, -0.25) is 20.2 Å². The lowest BCUT2D eigenvalue weighted by Crippen LogP contribution is -2.18. The topological polar surface area (TPSA) is 163 Å². The lowest BCUT2D eigenvalue weighted by molar-refractivity contribution is -0.386. The average molecular weight is 424 g/mol. The van der Waals surface area contributed by atoms with E-state index in [-0.39, 0.29) is 34.3 Å². The summed E-state index contributed by atoms with van der Waals surface area (Å²) in [5.41, 5.74) is -0.614. The maximum atomic E-state index is 12.2. The molecule has 0 saturated carbocycles. The Morgan fingerprint density at radius 1 is 1.17 bits per heavy atom. The van der Waals surface area contributed by atoms with E-state index in [1.807, 2.05) is 4.83 Å². The molecule has 0 aliphatic rings. The predicted octanol–water partition coefficient (Wildman–Crippen LogP) is 2.22. The fourth-order valence-corrected chi connectivity index (χ4v) is 3.08. The third kappa shape index (κ3) is 5.16. The van der Waals surface area contributed by atoms with Crippen LogP contribution in [0.4, 0.5) is 11.4 Å². The highest BCUT2D eigenvalue weighted by atomic mass is 32.2. The van der Waals surface area contributed by atoms with Crippen LogP contribution in [-0.4, -0.2) is 38.2 Å². The molecule has 0 aliphatic carbocycles. The lowest BCUT2D eigenvalue weighted by atomic mass is 10.2. The summed E-state index contributed by atoms with van der Waals surface area (Å²) < 4.78 is 34.8. The summed E-state index contributed by atoms with van der Waals surface area (Å²) in [6.07, 6.45) is 1.03. The average Bonchev–Trinajstić information content (AvgIpc) is 2.68. The van der Waals surface area contributed by atoms with Gasteiger partial charge in [-0.05, 0) is 19.1 Å². The summed E-state index contributed by atoms with van der Waals surface area (Å²) in [7, 11) is -2.89. The van der Waals surface area contributed by atoms with Gasteiger partial charge in [0.2, 0.25) is 5.75 Å². The number of hydrogen-bond donors (Lipinski definition) is 1. The Morgan fingerprint density at radius 2 is 1.90 bits per heavy atom. The summed E-state index contributed by atoms with van der Waals surface area (Å²) >= 11 is 0. The number of hydrogen-bond acceptors (Lipinski definition) is 9. The molecule has 2 rings (SSSR count). The van der Waals surface area contributed by atoms with Gasteiger partial charge in [0.1, 0.15) is 0 Å². The number of nitro groups is 2. The van der Waals surface area contributed by atoms with Crippen LogP contribution in [0.5, 0.6) is 11.5 Å². The molecule has 2 aromatic carbocycles. The fraction of sp³-hybridized carbons (Fsp3) is 0.188. The molecule has 0 radical (unpaired) electrons. The Balaban J connectivity index is 2.32. The zero-order valence-corrected chi connectivity index (χ0v) is 16.1. The number of methoxy groups -OCH3 is 1. The first kappa shape index (κ1) is 21.6. The van der Waals surface area contributed by atoms with E-state index >= 15 is 0 Å². The van der Waals surface area contributed by atoms with Gasteiger partial charge in [0.15, 0.2) is 5.75 Å². The highest BCUT2D eigenvalue weighted by Gasteiger charge is 2.22. The van der Waals surface area contributed by atoms with Crippen LogP contribution in [-0.2, 0) is 10.0 Å². The number of nitro benzene ring substituents is 2. The molecule has 0 fully saturated rings. The SMILES string of the molecule is CCOc1c(OC)cc(/C=N/NS(=O)(=O)c2cccc([N+](=O)[O-])c2)cc1[N+](=O)[O-]. The molecule has 0 atom stereocenters. The number of rotatable bonds is 9. The molecule has 0 aromatic heterocycles. The van der Waals surface area contributed by atoms with Crippen molar-refractivity contribution in [2.45, 2.75) is 11.8 Å². The van der Waals surface area contributed by atoms with Crippen LogP contribution in [0.2, 0.25) is 0 Å². The van der Waals surface area contributed by atoms with Gasteiger partial charge in [-0.15, -0.1) is 0 Å².